The lowest BCUT2D eigenvalue weighted by Gasteiger charge is -2.31. The highest BCUT2D eigenvalue weighted by Crippen LogP contribution is 2.28. The number of nitrogens with zero attached hydrogens (tertiary/aromatic N) is 3. The Morgan fingerprint density at radius 1 is 1.15 bits per heavy atom. The maximum atomic E-state index is 13.0. The number of rotatable bonds is 3. The van der Waals surface area contributed by atoms with Crippen molar-refractivity contribution in [3.05, 3.63) is 40.7 Å². The first-order valence-electron chi connectivity index (χ1n) is 8.94. The molecule has 0 spiro atoms. The lowest BCUT2D eigenvalue weighted by atomic mass is 9.95. The normalized spacial score (nSPS) is 15.6. The van der Waals surface area contributed by atoms with Gasteiger partial charge in [-0.1, -0.05) is 32.1 Å². The van der Waals surface area contributed by atoms with E-state index in [-0.39, 0.29) is 29.0 Å². The van der Waals surface area contributed by atoms with Crippen LogP contribution in [0.1, 0.15) is 49.0 Å². The van der Waals surface area contributed by atoms with E-state index in [1.165, 1.54) is 35.6 Å². The molecule has 1 fully saturated rings. The molecule has 1 aliphatic rings. The number of piperidine rings is 1. The van der Waals surface area contributed by atoms with E-state index in [1.807, 2.05) is 20.8 Å². The number of nitrogens with one attached hydrogen (secondary N) is 1. The summed E-state index contributed by atoms with van der Waals surface area (Å²) in [6, 6.07) is 5.53. The molecular weight excluding hydrogens is 367 g/mol. The van der Waals surface area contributed by atoms with Crippen molar-refractivity contribution in [3.63, 3.8) is 0 Å². The van der Waals surface area contributed by atoms with Gasteiger partial charge >= 0.3 is 0 Å². The second-order valence-corrected chi connectivity index (χ2v) is 8.70. The van der Waals surface area contributed by atoms with Gasteiger partial charge in [0.2, 0.25) is 11.0 Å². The van der Waals surface area contributed by atoms with Gasteiger partial charge in [0, 0.05) is 30.0 Å². The van der Waals surface area contributed by atoms with Crippen LogP contribution >= 0.6 is 11.3 Å². The quantitative estimate of drug-likeness (QED) is 0.871. The Labute approximate surface area is 161 Å². The number of halogens is 1. The molecule has 3 rings (SSSR count). The molecule has 2 amide bonds. The standard InChI is InChI=1S/C19H23FN4O2S/c1-19(2,3)17-22-23-18(27-17)21-15(25)12-8-10-24(11-9-12)16(26)13-4-6-14(20)7-5-13/h4-7,12H,8-11H2,1-3H3,(H,21,23,25). The van der Waals surface area contributed by atoms with Crippen LogP contribution in [0.2, 0.25) is 0 Å². The van der Waals surface area contributed by atoms with E-state index in [0.29, 0.717) is 36.6 Å². The predicted octanol–water partition coefficient (Wildman–Crippen LogP) is 3.47. The number of likely N-dealkylation sites (tertiary alicyclic amines) is 1. The molecule has 2 aromatic rings. The molecule has 144 valence electrons. The van der Waals surface area contributed by atoms with Crippen LogP contribution in [0.5, 0.6) is 0 Å². The fraction of sp³-hybridized carbons (Fsp3) is 0.474. The molecule has 1 aliphatic heterocycles. The molecule has 27 heavy (non-hydrogen) atoms. The van der Waals surface area contributed by atoms with Gasteiger partial charge in [-0.2, -0.15) is 0 Å². The average Bonchev–Trinajstić information content (AvgIpc) is 3.11. The van der Waals surface area contributed by atoms with Crippen LogP contribution in [0, 0.1) is 11.7 Å². The molecule has 1 N–H and O–H groups in total. The highest BCUT2D eigenvalue weighted by atomic mass is 32.1. The van der Waals surface area contributed by atoms with Gasteiger partial charge in [0.25, 0.3) is 5.91 Å². The van der Waals surface area contributed by atoms with Gasteiger partial charge in [-0.15, -0.1) is 10.2 Å². The van der Waals surface area contributed by atoms with E-state index < -0.39 is 0 Å². The molecule has 0 radical (unpaired) electrons. The highest BCUT2D eigenvalue weighted by Gasteiger charge is 2.29. The van der Waals surface area contributed by atoms with Crippen LogP contribution in [0.15, 0.2) is 24.3 Å². The Balaban J connectivity index is 1.54. The zero-order chi connectivity index (χ0) is 19.6. The predicted molar refractivity (Wildman–Crippen MR) is 102 cm³/mol. The molecule has 0 bridgehead atoms. The van der Waals surface area contributed by atoms with Gasteiger partial charge in [0.05, 0.1) is 0 Å². The Kier molecular flexibility index (Phi) is 5.55. The summed E-state index contributed by atoms with van der Waals surface area (Å²) in [5, 5.41) is 12.4. The molecule has 0 unspecified atom stereocenters. The van der Waals surface area contributed by atoms with Gasteiger partial charge in [0.1, 0.15) is 10.8 Å². The van der Waals surface area contributed by atoms with Crippen molar-refractivity contribution in [2.45, 2.75) is 39.0 Å². The third-order valence-electron chi connectivity index (χ3n) is 4.54. The summed E-state index contributed by atoms with van der Waals surface area (Å²) in [7, 11) is 0. The molecule has 1 saturated heterocycles. The number of carbonyl (C=O) groups is 2. The van der Waals surface area contributed by atoms with Crippen LogP contribution in [0.25, 0.3) is 0 Å². The van der Waals surface area contributed by atoms with E-state index in [0.717, 1.165) is 5.01 Å². The topological polar surface area (TPSA) is 75.2 Å². The number of hydrogen-bond donors (Lipinski definition) is 1. The minimum absolute atomic E-state index is 0.0829. The van der Waals surface area contributed by atoms with E-state index in [9.17, 15) is 14.0 Å². The Hall–Kier alpha value is -2.35. The molecule has 1 aromatic heterocycles. The maximum Gasteiger partial charge on any atom is 0.253 e. The Bertz CT molecular complexity index is 821. The van der Waals surface area contributed by atoms with E-state index in [1.54, 1.807) is 4.90 Å². The van der Waals surface area contributed by atoms with Crippen molar-refractivity contribution < 1.29 is 14.0 Å². The summed E-state index contributed by atoms with van der Waals surface area (Å²) >= 11 is 1.39. The monoisotopic (exact) mass is 390 g/mol. The molecule has 0 atom stereocenters. The van der Waals surface area contributed by atoms with Gasteiger partial charge < -0.3 is 10.2 Å². The second-order valence-electron chi connectivity index (χ2n) is 7.72. The average molecular weight is 390 g/mol. The van der Waals surface area contributed by atoms with Crippen molar-refractivity contribution >= 4 is 28.3 Å². The number of aromatic nitrogens is 2. The summed E-state index contributed by atoms with van der Waals surface area (Å²) in [4.78, 5) is 26.7. The SMILES string of the molecule is CC(C)(C)c1nnc(NC(=O)C2CCN(C(=O)c3ccc(F)cc3)CC2)s1. The Morgan fingerprint density at radius 2 is 1.78 bits per heavy atom. The number of hydrogen-bond acceptors (Lipinski definition) is 5. The molecule has 1 aromatic carbocycles. The summed E-state index contributed by atoms with van der Waals surface area (Å²) < 4.78 is 13.0. The molecule has 2 heterocycles. The van der Waals surface area contributed by atoms with Crippen LogP contribution in [0.3, 0.4) is 0 Å². The summed E-state index contributed by atoms with van der Waals surface area (Å²) in [6.45, 7) is 7.14. The number of anilines is 1. The van der Waals surface area contributed by atoms with Crippen LogP contribution in [-0.2, 0) is 10.2 Å². The smallest absolute Gasteiger partial charge is 0.253 e. The molecule has 0 aliphatic carbocycles. The summed E-state index contributed by atoms with van der Waals surface area (Å²) in [5.74, 6) is -0.745. The largest absolute Gasteiger partial charge is 0.339 e. The van der Waals surface area contributed by atoms with Gasteiger partial charge in [-0.3, -0.25) is 9.59 Å². The zero-order valence-electron chi connectivity index (χ0n) is 15.7. The van der Waals surface area contributed by atoms with Crippen molar-refractivity contribution in [1.82, 2.24) is 15.1 Å². The number of amides is 2. The minimum Gasteiger partial charge on any atom is -0.339 e. The lowest BCUT2D eigenvalue weighted by molar-refractivity contribution is -0.121. The fourth-order valence-electron chi connectivity index (χ4n) is 2.90. The summed E-state index contributed by atoms with van der Waals surface area (Å²) in [5.41, 5.74) is 0.357. The number of carbonyl (C=O) groups excluding carboxylic acids is 2. The van der Waals surface area contributed by atoms with Crippen molar-refractivity contribution in [3.8, 4) is 0 Å². The maximum absolute atomic E-state index is 13.0. The third kappa shape index (κ3) is 4.68. The number of benzene rings is 1. The summed E-state index contributed by atoms with van der Waals surface area (Å²) in [6.07, 6.45) is 1.17. The van der Waals surface area contributed by atoms with Crippen molar-refractivity contribution in [1.29, 1.82) is 0 Å². The van der Waals surface area contributed by atoms with Gasteiger partial charge in [-0.05, 0) is 37.1 Å². The zero-order valence-corrected chi connectivity index (χ0v) is 16.5. The molecule has 0 saturated carbocycles. The molecule has 6 nitrogen and oxygen atoms in total. The van der Waals surface area contributed by atoms with Crippen LogP contribution < -0.4 is 5.32 Å². The van der Waals surface area contributed by atoms with Crippen molar-refractivity contribution in [2.75, 3.05) is 18.4 Å². The van der Waals surface area contributed by atoms with Gasteiger partial charge in [-0.25, -0.2) is 4.39 Å². The fourth-order valence-corrected chi connectivity index (χ4v) is 3.71. The first-order valence-corrected chi connectivity index (χ1v) is 9.75. The van der Waals surface area contributed by atoms with Crippen LogP contribution in [-0.4, -0.2) is 40.0 Å². The Morgan fingerprint density at radius 3 is 2.33 bits per heavy atom. The molecule has 8 heteroatoms. The first-order chi connectivity index (χ1) is 12.7. The highest BCUT2D eigenvalue weighted by molar-refractivity contribution is 7.15. The minimum atomic E-state index is -0.367. The van der Waals surface area contributed by atoms with Gasteiger partial charge in [0.15, 0.2) is 0 Å². The lowest BCUT2D eigenvalue weighted by Crippen LogP contribution is -2.41. The van der Waals surface area contributed by atoms with Crippen LogP contribution in [0.4, 0.5) is 9.52 Å². The first kappa shape index (κ1) is 19.4. The van der Waals surface area contributed by atoms with E-state index in [4.69, 9.17) is 0 Å². The van der Waals surface area contributed by atoms with E-state index in [2.05, 4.69) is 15.5 Å². The second kappa shape index (κ2) is 7.72. The molecular formula is C19H23FN4O2S. The van der Waals surface area contributed by atoms with Crippen molar-refractivity contribution in [2.24, 2.45) is 5.92 Å². The van der Waals surface area contributed by atoms with E-state index >= 15 is 0 Å². The third-order valence-corrected chi connectivity index (χ3v) is 5.81.